The van der Waals surface area contributed by atoms with Gasteiger partial charge in [-0.3, -0.25) is 4.79 Å². The molecule has 84 valence electrons. The summed E-state index contributed by atoms with van der Waals surface area (Å²) in [6.45, 7) is -0.906. The van der Waals surface area contributed by atoms with Crippen molar-refractivity contribution in [1.29, 1.82) is 0 Å². The van der Waals surface area contributed by atoms with E-state index in [-0.39, 0.29) is 0 Å². The zero-order chi connectivity index (χ0) is 11.6. The van der Waals surface area contributed by atoms with Crippen LogP contribution in [0.2, 0.25) is 0 Å². The first kappa shape index (κ1) is 13.4. The summed E-state index contributed by atoms with van der Waals surface area (Å²) >= 11 is 2.90. The maximum atomic E-state index is 12.0. The number of rotatable bonds is 3. The molecule has 0 aliphatic carbocycles. The van der Waals surface area contributed by atoms with Crippen molar-refractivity contribution < 1.29 is 35.9 Å². The first-order chi connectivity index (χ1) is 6.12. The van der Waals surface area contributed by atoms with Crippen LogP contribution < -0.4 is 0 Å². The Balaban J connectivity index is 5.31. The van der Waals surface area contributed by atoms with Crippen LogP contribution in [-0.4, -0.2) is 30.2 Å². The topological polar surface area (TPSA) is 26.3 Å². The minimum atomic E-state index is -5.76. The van der Waals surface area contributed by atoms with Crippen LogP contribution in [0, 0.1) is 0 Å². The predicted octanol–water partition coefficient (Wildman–Crippen LogP) is 1.95. The molecule has 0 radical (unpaired) electrons. The van der Waals surface area contributed by atoms with Gasteiger partial charge in [0, 0.05) is 5.75 Å². The van der Waals surface area contributed by atoms with Crippen molar-refractivity contribution in [2.24, 2.45) is 0 Å². The van der Waals surface area contributed by atoms with Gasteiger partial charge < -0.3 is 4.74 Å². The minimum Gasteiger partial charge on any atom is -0.441 e. The van der Waals surface area contributed by atoms with Gasteiger partial charge in [-0.15, -0.1) is 0 Å². The second-order valence-corrected chi connectivity index (χ2v) is 2.51. The van der Waals surface area contributed by atoms with Crippen LogP contribution in [0.1, 0.15) is 0 Å². The average molecular weight is 242 g/mol. The van der Waals surface area contributed by atoms with Crippen LogP contribution >= 0.6 is 12.6 Å². The minimum absolute atomic E-state index is 0.906. The normalized spacial score (nSPS) is 13.9. The predicted molar refractivity (Wildman–Crippen MR) is 35.8 cm³/mol. The highest BCUT2D eigenvalue weighted by Crippen LogP contribution is 2.46. The van der Waals surface area contributed by atoms with E-state index in [1.807, 2.05) is 0 Å². The lowest BCUT2D eigenvalue weighted by molar-refractivity contribution is -0.357. The standard InChI is InChI=1S/C5H4F6O2S/c6-4(7,8)3(1-14,13-2-12)5(9,10)11/h2,14H,1H2. The molecule has 14 heavy (non-hydrogen) atoms. The molecule has 0 aliphatic rings. The molecular weight excluding hydrogens is 238 g/mol. The van der Waals surface area contributed by atoms with Gasteiger partial charge in [-0.05, 0) is 0 Å². The van der Waals surface area contributed by atoms with E-state index in [0.29, 0.717) is 0 Å². The molecule has 0 aromatic heterocycles. The van der Waals surface area contributed by atoms with E-state index >= 15 is 0 Å². The Bertz CT molecular complexity index is 195. The summed E-state index contributed by atoms with van der Waals surface area (Å²) in [5.41, 5.74) is -4.54. The molecule has 0 aromatic rings. The van der Waals surface area contributed by atoms with E-state index in [2.05, 4.69) is 17.4 Å². The second kappa shape index (κ2) is 3.87. The van der Waals surface area contributed by atoms with Crippen LogP contribution in [0.3, 0.4) is 0 Å². The third-order valence-electron chi connectivity index (χ3n) is 1.39. The van der Waals surface area contributed by atoms with Crippen molar-refractivity contribution in [2.75, 3.05) is 5.75 Å². The molecular formula is C5H4F6O2S. The van der Waals surface area contributed by atoms with Gasteiger partial charge >= 0.3 is 18.0 Å². The van der Waals surface area contributed by atoms with Gasteiger partial charge in [-0.1, -0.05) is 0 Å². The Morgan fingerprint density at radius 1 is 1.07 bits per heavy atom. The number of alkyl halides is 6. The van der Waals surface area contributed by atoms with E-state index in [4.69, 9.17) is 0 Å². The van der Waals surface area contributed by atoms with Crippen LogP contribution in [0.5, 0.6) is 0 Å². The van der Waals surface area contributed by atoms with Crippen LogP contribution in [-0.2, 0) is 9.53 Å². The second-order valence-electron chi connectivity index (χ2n) is 2.19. The molecule has 0 N–H and O–H groups in total. The molecule has 0 saturated carbocycles. The lowest BCUT2D eigenvalue weighted by Crippen LogP contribution is -2.60. The molecule has 0 spiro atoms. The van der Waals surface area contributed by atoms with Gasteiger partial charge in [0.15, 0.2) is 0 Å². The fourth-order valence-corrected chi connectivity index (χ4v) is 1.03. The summed E-state index contributed by atoms with van der Waals surface area (Å²) < 4.78 is 75.1. The van der Waals surface area contributed by atoms with Crippen molar-refractivity contribution in [3.63, 3.8) is 0 Å². The Labute approximate surface area is 79.6 Å². The van der Waals surface area contributed by atoms with E-state index in [9.17, 15) is 31.1 Å². The van der Waals surface area contributed by atoms with Crippen molar-refractivity contribution in [3.05, 3.63) is 0 Å². The molecule has 0 amide bonds. The third kappa shape index (κ3) is 2.07. The Morgan fingerprint density at radius 3 is 1.50 bits per heavy atom. The highest BCUT2D eigenvalue weighted by molar-refractivity contribution is 7.80. The molecule has 0 atom stereocenters. The zero-order valence-electron chi connectivity index (χ0n) is 6.32. The molecule has 0 bridgehead atoms. The maximum absolute atomic E-state index is 12.0. The SMILES string of the molecule is O=COC(CS)(C(F)(F)F)C(F)(F)F. The summed E-state index contributed by atoms with van der Waals surface area (Å²) in [6.07, 6.45) is -11.5. The Kier molecular flexibility index (Phi) is 3.71. The zero-order valence-corrected chi connectivity index (χ0v) is 7.21. The van der Waals surface area contributed by atoms with Crippen molar-refractivity contribution in [1.82, 2.24) is 0 Å². The number of hydrogen-bond donors (Lipinski definition) is 1. The maximum Gasteiger partial charge on any atom is 0.438 e. The first-order valence-electron chi connectivity index (χ1n) is 2.98. The van der Waals surface area contributed by atoms with Gasteiger partial charge in [0.1, 0.15) is 0 Å². The van der Waals surface area contributed by atoms with Crippen molar-refractivity contribution >= 4 is 19.1 Å². The summed E-state index contributed by atoms with van der Waals surface area (Å²) in [5.74, 6) is -1.72. The van der Waals surface area contributed by atoms with Crippen LogP contribution in [0.4, 0.5) is 26.3 Å². The molecule has 0 aliphatic heterocycles. The summed E-state index contributed by atoms with van der Waals surface area (Å²) in [5, 5.41) is 0. The van der Waals surface area contributed by atoms with Gasteiger partial charge in [-0.25, -0.2) is 0 Å². The summed E-state index contributed by atoms with van der Waals surface area (Å²) in [6, 6.07) is 0. The van der Waals surface area contributed by atoms with Gasteiger partial charge in [0.05, 0.1) is 0 Å². The van der Waals surface area contributed by atoms with E-state index in [0.717, 1.165) is 0 Å². The van der Waals surface area contributed by atoms with Gasteiger partial charge in [0.25, 0.3) is 6.47 Å². The molecule has 0 fully saturated rings. The number of hydrogen-bond acceptors (Lipinski definition) is 3. The lowest BCUT2D eigenvalue weighted by Gasteiger charge is -2.33. The molecule has 0 heterocycles. The average Bonchev–Trinajstić information content (AvgIpc) is 1.94. The highest BCUT2D eigenvalue weighted by atomic mass is 32.1. The smallest absolute Gasteiger partial charge is 0.438 e. The van der Waals surface area contributed by atoms with E-state index in [1.54, 1.807) is 0 Å². The third-order valence-corrected chi connectivity index (χ3v) is 1.83. The quantitative estimate of drug-likeness (QED) is 0.465. The summed E-state index contributed by atoms with van der Waals surface area (Å²) in [4.78, 5) is 9.62. The summed E-state index contributed by atoms with van der Waals surface area (Å²) in [7, 11) is 0. The fraction of sp³-hybridized carbons (Fsp3) is 0.800. The monoisotopic (exact) mass is 242 g/mol. The highest BCUT2D eigenvalue weighted by Gasteiger charge is 2.72. The van der Waals surface area contributed by atoms with E-state index in [1.165, 1.54) is 0 Å². The molecule has 0 aromatic carbocycles. The van der Waals surface area contributed by atoms with Crippen molar-refractivity contribution in [3.8, 4) is 0 Å². The van der Waals surface area contributed by atoms with Gasteiger partial charge in [0.2, 0.25) is 0 Å². The van der Waals surface area contributed by atoms with Crippen LogP contribution in [0.25, 0.3) is 0 Å². The number of carbonyl (C=O) groups is 1. The number of ether oxygens (including phenoxy) is 1. The number of carbonyl (C=O) groups excluding carboxylic acids is 1. The van der Waals surface area contributed by atoms with Crippen LogP contribution in [0.15, 0.2) is 0 Å². The molecule has 0 saturated heterocycles. The molecule has 0 unspecified atom stereocenters. The molecule has 9 heteroatoms. The number of thiol groups is 1. The van der Waals surface area contributed by atoms with E-state index < -0.39 is 30.2 Å². The number of halogens is 6. The van der Waals surface area contributed by atoms with Crippen molar-refractivity contribution in [2.45, 2.75) is 18.0 Å². The fourth-order valence-electron chi connectivity index (χ4n) is 0.593. The Morgan fingerprint density at radius 2 is 1.43 bits per heavy atom. The largest absolute Gasteiger partial charge is 0.441 e. The molecule has 2 nitrogen and oxygen atoms in total. The first-order valence-corrected chi connectivity index (χ1v) is 3.61. The molecule has 0 rings (SSSR count). The Hall–Kier alpha value is -0.600. The lowest BCUT2D eigenvalue weighted by atomic mass is 10.1. The van der Waals surface area contributed by atoms with Gasteiger partial charge in [-0.2, -0.15) is 39.0 Å².